The van der Waals surface area contributed by atoms with Gasteiger partial charge in [-0.3, -0.25) is 4.98 Å². The number of aliphatic hydroxyl groups is 1. The first-order valence-electron chi connectivity index (χ1n) is 4.67. The van der Waals surface area contributed by atoms with Gasteiger partial charge in [0.1, 0.15) is 5.75 Å². The average Bonchev–Trinajstić information content (AvgIpc) is 2.31. The van der Waals surface area contributed by atoms with E-state index in [-0.39, 0.29) is 6.61 Å². The normalized spacial score (nSPS) is 9.93. The summed E-state index contributed by atoms with van der Waals surface area (Å²) in [6, 6.07) is 11.2. The van der Waals surface area contributed by atoms with Gasteiger partial charge in [-0.25, -0.2) is 0 Å². The Morgan fingerprint density at radius 3 is 2.67 bits per heavy atom. The van der Waals surface area contributed by atoms with E-state index in [9.17, 15) is 0 Å². The molecule has 0 aliphatic rings. The zero-order valence-electron chi connectivity index (χ0n) is 8.13. The molecule has 3 heteroatoms. The van der Waals surface area contributed by atoms with Crippen LogP contribution in [-0.4, -0.2) is 10.1 Å². The van der Waals surface area contributed by atoms with Gasteiger partial charge in [0, 0.05) is 11.8 Å². The fourth-order valence-electron chi connectivity index (χ4n) is 1.25. The molecule has 15 heavy (non-hydrogen) atoms. The molecule has 0 atom stereocenters. The molecule has 0 aliphatic heterocycles. The van der Waals surface area contributed by atoms with Crippen LogP contribution in [0.25, 0.3) is 0 Å². The minimum atomic E-state index is -0.0509. The van der Waals surface area contributed by atoms with Gasteiger partial charge in [-0.1, -0.05) is 18.2 Å². The number of para-hydroxylation sites is 1. The monoisotopic (exact) mass is 201 g/mol. The highest BCUT2D eigenvalue weighted by Gasteiger charge is 2.02. The van der Waals surface area contributed by atoms with Crippen LogP contribution >= 0.6 is 0 Å². The molecule has 0 radical (unpaired) electrons. The second-order valence-electron chi connectivity index (χ2n) is 3.06. The van der Waals surface area contributed by atoms with Crippen molar-refractivity contribution in [1.29, 1.82) is 0 Å². The van der Waals surface area contributed by atoms with Crippen LogP contribution in [0.2, 0.25) is 0 Å². The Kier molecular flexibility index (Phi) is 2.95. The number of rotatable bonds is 3. The van der Waals surface area contributed by atoms with E-state index in [1.165, 1.54) is 0 Å². The van der Waals surface area contributed by atoms with Crippen molar-refractivity contribution in [2.75, 3.05) is 0 Å². The Morgan fingerprint density at radius 2 is 1.93 bits per heavy atom. The Hall–Kier alpha value is -1.87. The topological polar surface area (TPSA) is 42.4 Å². The molecule has 0 fully saturated rings. The summed E-state index contributed by atoms with van der Waals surface area (Å²) in [6.45, 7) is -0.0509. The van der Waals surface area contributed by atoms with Crippen molar-refractivity contribution in [2.45, 2.75) is 6.61 Å². The van der Waals surface area contributed by atoms with E-state index in [0.717, 1.165) is 11.3 Å². The van der Waals surface area contributed by atoms with Crippen LogP contribution in [0.15, 0.2) is 48.8 Å². The number of nitrogens with zero attached hydrogens (tertiary/aromatic N) is 1. The maximum Gasteiger partial charge on any atom is 0.151 e. The lowest BCUT2D eigenvalue weighted by molar-refractivity contribution is 0.276. The van der Waals surface area contributed by atoms with Crippen molar-refractivity contribution < 1.29 is 9.84 Å². The van der Waals surface area contributed by atoms with Crippen LogP contribution in [0.3, 0.4) is 0 Å². The summed E-state index contributed by atoms with van der Waals surface area (Å²) in [4.78, 5) is 3.95. The molecule has 2 rings (SSSR count). The highest BCUT2D eigenvalue weighted by Crippen LogP contribution is 2.23. The Labute approximate surface area is 88.0 Å². The number of pyridine rings is 1. The summed E-state index contributed by atoms with van der Waals surface area (Å²) >= 11 is 0. The van der Waals surface area contributed by atoms with Crippen LogP contribution < -0.4 is 4.74 Å². The van der Waals surface area contributed by atoms with Gasteiger partial charge in [0.05, 0.1) is 12.8 Å². The van der Waals surface area contributed by atoms with E-state index in [2.05, 4.69) is 4.98 Å². The second kappa shape index (κ2) is 4.57. The first kappa shape index (κ1) is 9.68. The van der Waals surface area contributed by atoms with Gasteiger partial charge in [0.2, 0.25) is 0 Å². The molecule has 0 amide bonds. The lowest BCUT2D eigenvalue weighted by Gasteiger charge is -2.08. The third-order valence-corrected chi connectivity index (χ3v) is 2.01. The standard InChI is InChI=1S/C12H11NO2/c14-9-10-6-7-13-8-12(10)15-11-4-2-1-3-5-11/h1-8,14H,9H2. The van der Waals surface area contributed by atoms with E-state index in [0.29, 0.717) is 5.75 Å². The first-order valence-corrected chi connectivity index (χ1v) is 4.67. The number of aromatic nitrogens is 1. The van der Waals surface area contributed by atoms with E-state index in [4.69, 9.17) is 9.84 Å². The molecule has 0 aliphatic carbocycles. The van der Waals surface area contributed by atoms with Gasteiger partial charge in [0.15, 0.2) is 5.75 Å². The van der Waals surface area contributed by atoms with Crippen LogP contribution in [0, 0.1) is 0 Å². The molecule has 1 aromatic heterocycles. The summed E-state index contributed by atoms with van der Waals surface area (Å²) in [5, 5.41) is 9.09. The van der Waals surface area contributed by atoms with Crippen molar-refractivity contribution in [3.8, 4) is 11.5 Å². The highest BCUT2D eigenvalue weighted by molar-refractivity contribution is 5.34. The summed E-state index contributed by atoms with van der Waals surface area (Å²) in [5.74, 6) is 1.33. The Balaban J connectivity index is 2.24. The quantitative estimate of drug-likeness (QED) is 0.828. The molecule has 0 bridgehead atoms. The van der Waals surface area contributed by atoms with Crippen molar-refractivity contribution in [2.24, 2.45) is 0 Å². The summed E-state index contributed by atoms with van der Waals surface area (Å²) in [6.07, 6.45) is 3.22. The summed E-state index contributed by atoms with van der Waals surface area (Å²) in [5.41, 5.74) is 0.730. The van der Waals surface area contributed by atoms with Crippen molar-refractivity contribution in [3.63, 3.8) is 0 Å². The number of aliphatic hydroxyl groups excluding tert-OH is 1. The molecule has 0 unspecified atom stereocenters. The van der Waals surface area contributed by atoms with E-state index < -0.39 is 0 Å². The molecule has 0 saturated carbocycles. The Bertz CT molecular complexity index is 429. The fraction of sp³-hybridized carbons (Fsp3) is 0.0833. The minimum Gasteiger partial charge on any atom is -0.455 e. The average molecular weight is 201 g/mol. The Morgan fingerprint density at radius 1 is 1.13 bits per heavy atom. The molecular weight excluding hydrogens is 190 g/mol. The molecule has 0 saturated heterocycles. The highest BCUT2D eigenvalue weighted by atomic mass is 16.5. The summed E-state index contributed by atoms with van der Waals surface area (Å²) < 4.78 is 5.58. The van der Waals surface area contributed by atoms with Gasteiger partial charge in [-0.05, 0) is 18.2 Å². The van der Waals surface area contributed by atoms with Crippen LogP contribution in [0.1, 0.15) is 5.56 Å². The molecule has 1 N–H and O–H groups in total. The number of hydrogen-bond donors (Lipinski definition) is 1. The van der Waals surface area contributed by atoms with Crippen molar-refractivity contribution in [3.05, 3.63) is 54.4 Å². The molecule has 1 aromatic carbocycles. The van der Waals surface area contributed by atoms with Crippen LogP contribution in [0.5, 0.6) is 11.5 Å². The smallest absolute Gasteiger partial charge is 0.151 e. The lowest BCUT2D eigenvalue weighted by atomic mass is 10.2. The van der Waals surface area contributed by atoms with Gasteiger partial charge >= 0.3 is 0 Å². The predicted octanol–water partition coefficient (Wildman–Crippen LogP) is 2.37. The van der Waals surface area contributed by atoms with Gasteiger partial charge < -0.3 is 9.84 Å². The lowest BCUT2D eigenvalue weighted by Crippen LogP contribution is -1.92. The molecule has 76 valence electrons. The van der Waals surface area contributed by atoms with Crippen LogP contribution in [0.4, 0.5) is 0 Å². The molecule has 1 heterocycles. The second-order valence-corrected chi connectivity index (χ2v) is 3.06. The first-order chi connectivity index (χ1) is 7.40. The van der Waals surface area contributed by atoms with E-state index >= 15 is 0 Å². The largest absolute Gasteiger partial charge is 0.455 e. The SMILES string of the molecule is OCc1ccncc1Oc1ccccc1. The third-order valence-electron chi connectivity index (χ3n) is 2.01. The number of ether oxygens (including phenoxy) is 1. The van der Waals surface area contributed by atoms with Crippen molar-refractivity contribution >= 4 is 0 Å². The third kappa shape index (κ3) is 2.33. The molecular formula is C12H11NO2. The zero-order chi connectivity index (χ0) is 10.5. The van der Waals surface area contributed by atoms with Gasteiger partial charge in [0.25, 0.3) is 0 Å². The minimum absolute atomic E-state index is 0.0509. The van der Waals surface area contributed by atoms with E-state index in [1.807, 2.05) is 30.3 Å². The molecule has 2 aromatic rings. The maximum atomic E-state index is 9.09. The van der Waals surface area contributed by atoms with Crippen molar-refractivity contribution in [1.82, 2.24) is 4.98 Å². The predicted molar refractivity (Wildman–Crippen MR) is 56.7 cm³/mol. The van der Waals surface area contributed by atoms with Gasteiger partial charge in [-0.2, -0.15) is 0 Å². The van der Waals surface area contributed by atoms with Crippen LogP contribution in [-0.2, 0) is 6.61 Å². The van der Waals surface area contributed by atoms with E-state index in [1.54, 1.807) is 18.5 Å². The zero-order valence-corrected chi connectivity index (χ0v) is 8.13. The molecule has 3 nitrogen and oxygen atoms in total. The number of benzene rings is 1. The number of hydrogen-bond acceptors (Lipinski definition) is 3. The molecule has 0 spiro atoms. The summed E-state index contributed by atoms with van der Waals surface area (Å²) in [7, 11) is 0. The maximum absolute atomic E-state index is 9.09. The fourth-order valence-corrected chi connectivity index (χ4v) is 1.25. The van der Waals surface area contributed by atoms with Gasteiger partial charge in [-0.15, -0.1) is 0 Å².